The fraction of sp³-hybridized carbons (Fsp3) is 0.889. The molecule has 774 valence electrons. The normalized spacial score (nSPS) is 22.5. The van der Waals surface area contributed by atoms with Gasteiger partial charge in [-0.3, -0.25) is 47.9 Å². The number of Topliss-reactive ketones (excluding diaryl/α,β-unsaturated/α-hetero) is 1. The summed E-state index contributed by atoms with van der Waals surface area (Å²) in [5, 5.41) is 116. The number of carbonyl (C=O) groups is 10. The second-order valence-electron chi connectivity index (χ2n) is 33.5. The van der Waals surface area contributed by atoms with Crippen molar-refractivity contribution in [1.29, 1.82) is 0 Å². The van der Waals surface area contributed by atoms with E-state index >= 15 is 0 Å². The summed E-state index contributed by atoms with van der Waals surface area (Å²) in [4.78, 5) is 132. The average molecular weight is 1920 g/mol. The van der Waals surface area contributed by atoms with Crippen LogP contribution in [0.15, 0.2) is 0 Å². The first kappa shape index (κ1) is 121. The molecule has 3 aliphatic rings. The van der Waals surface area contributed by atoms with Gasteiger partial charge in [-0.2, -0.15) is 0 Å². The lowest BCUT2D eigenvalue weighted by Gasteiger charge is -2.42. The Kier molecular flexibility index (Phi) is 70.9. The molecule has 0 aliphatic carbocycles. The Morgan fingerprint density at radius 2 is 0.594 bits per heavy atom. The molecular formula is C90H165N9O34. The van der Waals surface area contributed by atoms with Crippen LogP contribution >= 0.6 is 0 Å². The second kappa shape index (κ2) is 77.8. The Labute approximate surface area is 784 Å². The molecule has 18 N–H and O–H groups in total. The highest BCUT2D eigenvalue weighted by Crippen LogP contribution is 2.27. The molecule has 133 heavy (non-hydrogen) atoms. The van der Waals surface area contributed by atoms with E-state index in [1.165, 1.54) is 78.6 Å². The molecule has 43 heteroatoms. The van der Waals surface area contributed by atoms with Gasteiger partial charge in [-0.25, -0.2) is 0 Å². The molecule has 0 radical (unpaired) electrons. The van der Waals surface area contributed by atoms with E-state index in [1.807, 2.05) is 0 Å². The molecule has 18 atom stereocenters. The number of aliphatic hydroxyl groups is 9. The van der Waals surface area contributed by atoms with E-state index < -0.39 is 189 Å². The van der Waals surface area contributed by atoms with Crippen LogP contribution in [0.4, 0.5) is 0 Å². The molecule has 3 rings (SSSR count). The second-order valence-corrected chi connectivity index (χ2v) is 33.5. The van der Waals surface area contributed by atoms with Gasteiger partial charge in [0.05, 0.1) is 145 Å². The Hall–Kier alpha value is -6.06. The van der Waals surface area contributed by atoms with Crippen LogP contribution in [-0.2, 0) is 119 Å². The zero-order valence-electron chi connectivity index (χ0n) is 79.4. The van der Waals surface area contributed by atoms with Crippen molar-refractivity contribution < 1.29 is 165 Å². The number of amides is 9. The lowest BCUT2D eigenvalue weighted by molar-refractivity contribution is -0.272. The molecule has 0 bridgehead atoms. The fourth-order valence-electron chi connectivity index (χ4n) is 14.8. The summed E-state index contributed by atoms with van der Waals surface area (Å²) < 4.78 is 83.8. The summed E-state index contributed by atoms with van der Waals surface area (Å²) in [6.07, 6.45) is 7.15. The van der Waals surface area contributed by atoms with Crippen molar-refractivity contribution in [3.05, 3.63) is 0 Å². The maximum Gasteiger partial charge on any atom is 0.246 e. The quantitative estimate of drug-likeness (QED) is 0.0324. The van der Waals surface area contributed by atoms with Crippen LogP contribution in [0.25, 0.3) is 0 Å². The number of ether oxygens (including phenoxy) is 15. The van der Waals surface area contributed by atoms with E-state index in [2.05, 4.69) is 61.7 Å². The molecule has 0 aromatic rings. The molecule has 0 spiro atoms. The number of carbonyl (C=O) groups excluding carboxylic acids is 10. The summed E-state index contributed by atoms with van der Waals surface area (Å²) in [5.74, 6) is -5.58. The van der Waals surface area contributed by atoms with E-state index in [0.717, 1.165) is 57.8 Å². The first-order valence-electron chi connectivity index (χ1n) is 48.2. The van der Waals surface area contributed by atoms with Gasteiger partial charge < -0.3 is 165 Å². The molecule has 0 saturated carbocycles. The number of rotatable bonds is 84. The van der Waals surface area contributed by atoms with Gasteiger partial charge in [0.15, 0.2) is 24.7 Å². The summed E-state index contributed by atoms with van der Waals surface area (Å²) in [6, 6.07) is -5.51. The average Bonchev–Trinajstić information content (AvgIpc) is 0.820. The molecule has 3 aliphatic heterocycles. The van der Waals surface area contributed by atoms with Crippen molar-refractivity contribution >= 4 is 58.9 Å². The maximum absolute atomic E-state index is 14.9. The van der Waals surface area contributed by atoms with Crippen molar-refractivity contribution in [2.45, 2.75) is 325 Å². The summed E-state index contributed by atoms with van der Waals surface area (Å²) >= 11 is 0. The maximum atomic E-state index is 14.9. The van der Waals surface area contributed by atoms with Crippen molar-refractivity contribution in [2.24, 2.45) is 5.92 Å². The Morgan fingerprint density at radius 3 is 0.947 bits per heavy atom. The third kappa shape index (κ3) is 56.6. The minimum atomic E-state index is -1.48. The van der Waals surface area contributed by atoms with Crippen molar-refractivity contribution in [2.75, 3.05) is 185 Å². The number of ketones is 1. The minimum Gasteiger partial charge on any atom is -0.394 e. The van der Waals surface area contributed by atoms with E-state index in [4.69, 9.17) is 71.1 Å². The molecule has 0 aromatic heterocycles. The highest BCUT2D eigenvalue weighted by atomic mass is 16.7. The van der Waals surface area contributed by atoms with E-state index in [-0.39, 0.29) is 177 Å². The van der Waals surface area contributed by atoms with Crippen LogP contribution in [0.1, 0.15) is 221 Å². The summed E-state index contributed by atoms with van der Waals surface area (Å²) in [7, 11) is 0. The number of hydrogen-bond acceptors (Lipinski definition) is 34. The summed E-state index contributed by atoms with van der Waals surface area (Å²) in [5.41, 5.74) is 0. The Balaban J connectivity index is 1.68. The zero-order chi connectivity index (χ0) is 97.4. The van der Waals surface area contributed by atoms with Gasteiger partial charge in [0, 0.05) is 65.7 Å². The van der Waals surface area contributed by atoms with Crippen molar-refractivity contribution in [3.8, 4) is 0 Å². The zero-order valence-corrected chi connectivity index (χ0v) is 79.4. The van der Waals surface area contributed by atoms with Crippen LogP contribution in [-0.4, -0.2) is 394 Å². The number of nitrogens with one attached hydrogen (secondary N) is 9. The number of aliphatic hydroxyl groups excluding tert-OH is 9. The predicted molar refractivity (Wildman–Crippen MR) is 481 cm³/mol. The van der Waals surface area contributed by atoms with Gasteiger partial charge in [-0.05, 0) is 64.2 Å². The standard InChI is InChI=1S/C90H165N9O34/c1-6-8-10-12-13-14-15-16-17-18-19-20-22-33-73(107)91-34-29-25-32-68(87(118)94-37-26-21-11-9-7-2)99-86(117)66(30-23-27-35-92-74(108)60-125-47-44-119-38-41-122-50-53-128-88-77(95-63(3)103)83(114)80(111)70(57-100)131-88)56-69(106)67(98-76(110)62-127-49-46-121-40-43-124-52-55-130-90-79(97-65(5)105)85(116)82(113)72(59-102)133-90)31-24-28-36-93-75(109)61-126-48-45-120-39-42-123-51-54-129-89-78(96-64(4)104)84(115)81(112)71(58-101)132-89/h66-68,70-72,77-85,88-90,100-102,111-116H,6-62H2,1-5H3,(H,91,107)(H,92,108)(H,93,109)(H,94,118)(H,95,103)(H,96,104)(H,97,105)(H,98,110)(H,99,117)/t66?,67?,68?,70-,71-,72-,77-,78-,79-,80+,81+,82+,83-,84-,85-,88-,89-,90-/m1/s1. The molecule has 3 heterocycles. The van der Waals surface area contributed by atoms with Gasteiger partial charge >= 0.3 is 0 Å². The van der Waals surface area contributed by atoms with Crippen LogP contribution < -0.4 is 47.9 Å². The van der Waals surface area contributed by atoms with Crippen molar-refractivity contribution in [1.82, 2.24) is 47.9 Å². The number of hydrogen-bond donors (Lipinski definition) is 18. The third-order valence-electron chi connectivity index (χ3n) is 22.3. The Morgan fingerprint density at radius 1 is 0.301 bits per heavy atom. The van der Waals surface area contributed by atoms with Gasteiger partial charge in [-0.1, -0.05) is 123 Å². The van der Waals surface area contributed by atoms with Crippen LogP contribution in [0.3, 0.4) is 0 Å². The van der Waals surface area contributed by atoms with Gasteiger partial charge in [0.1, 0.15) is 98.9 Å². The monoisotopic (exact) mass is 1920 g/mol. The Bertz CT molecular complexity index is 3080. The van der Waals surface area contributed by atoms with Gasteiger partial charge in [0.25, 0.3) is 0 Å². The third-order valence-corrected chi connectivity index (χ3v) is 22.3. The van der Waals surface area contributed by atoms with Crippen LogP contribution in [0.2, 0.25) is 0 Å². The highest BCUT2D eigenvalue weighted by Gasteiger charge is 2.48. The SMILES string of the molecule is CCCCCCCCCCCCCCCC(=O)NCCCCC(NC(=O)C(CCCCNC(=O)COCCOCCOCCO[C@@H]1O[C@H](CO)[C@H](O)[C@H](O)[C@H]1NC(C)=O)CC(=O)C(CCCCNC(=O)COCCOCCOCCO[C@@H]1O[C@H](CO)[C@H](O)[C@H](O)[C@H]1NC(C)=O)NC(=O)COCCOCCOCCO[C@@H]1O[C@H](CO)[C@H](O)[C@H](O)[C@H]1NC(C)=O)C(=O)NCCCCCCC. The van der Waals surface area contributed by atoms with Gasteiger partial charge in [-0.15, -0.1) is 0 Å². The molecule has 3 fully saturated rings. The van der Waals surface area contributed by atoms with Crippen LogP contribution in [0, 0.1) is 5.92 Å². The largest absolute Gasteiger partial charge is 0.394 e. The predicted octanol–water partition coefficient (Wildman–Crippen LogP) is -1.01. The first-order chi connectivity index (χ1) is 64.3. The highest BCUT2D eigenvalue weighted by molar-refractivity contribution is 5.94. The summed E-state index contributed by atoms with van der Waals surface area (Å²) in [6.45, 7) is 7.39. The number of unbranched alkanes of at least 4 members (excludes halogenated alkanes) is 19. The topological polar surface area (TPSA) is 599 Å². The molecular weight excluding hydrogens is 1750 g/mol. The lowest BCUT2D eigenvalue weighted by Crippen LogP contribution is -2.64. The van der Waals surface area contributed by atoms with E-state index in [9.17, 15) is 93.9 Å². The smallest absolute Gasteiger partial charge is 0.246 e. The van der Waals surface area contributed by atoms with Gasteiger partial charge in [0.2, 0.25) is 53.2 Å². The minimum absolute atomic E-state index is 0.0270. The van der Waals surface area contributed by atoms with E-state index in [1.54, 1.807) is 0 Å². The van der Waals surface area contributed by atoms with Crippen molar-refractivity contribution in [3.63, 3.8) is 0 Å². The van der Waals surface area contributed by atoms with E-state index in [0.29, 0.717) is 58.0 Å². The molecule has 3 unspecified atom stereocenters. The molecule has 43 nitrogen and oxygen atoms in total. The molecule has 3 saturated heterocycles. The molecule has 9 amide bonds. The van der Waals surface area contributed by atoms with Crippen LogP contribution in [0.5, 0.6) is 0 Å². The lowest BCUT2D eigenvalue weighted by atomic mass is 9.90. The first-order valence-corrected chi connectivity index (χ1v) is 48.2. The fourth-order valence-corrected chi connectivity index (χ4v) is 14.8. The molecule has 0 aromatic carbocycles.